The smallest absolute Gasteiger partial charge is 0.275 e. The third-order valence-corrected chi connectivity index (χ3v) is 5.17. The Kier molecular flexibility index (Phi) is 5.15. The van der Waals surface area contributed by atoms with Crippen molar-refractivity contribution in [2.45, 2.75) is 11.3 Å². The molecule has 0 bridgehead atoms. The number of aromatic amines is 1. The lowest BCUT2D eigenvalue weighted by Gasteiger charge is -2.01. The van der Waals surface area contributed by atoms with E-state index < -0.39 is 0 Å². The second-order valence-electron chi connectivity index (χ2n) is 5.11. The van der Waals surface area contributed by atoms with Crippen LogP contribution in [0.5, 0.6) is 5.75 Å². The predicted octanol–water partition coefficient (Wildman–Crippen LogP) is 3.47. The van der Waals surface area contributed by atoms with E-state index >= 15 is 0 Å². The molecule has 9 heteroatoms. The van der Waals surface area contributed by atoms with Gasteiger partial charge in [-0.3, -0.25) is 15.2 Å². The van der Waals surface area contributed by atoms with Gasteiger partial charge in [0, 0.05) is 11.3 Å². The van der Waals surface area contributed by atoms with E-state index in [-0.39, 0.29) is 17.4 Å². The molecule has 0 fully saturated rings. The molecule has 2 aromatic heterocycles. The molecule has 2 heterocycles. The summed E-state index contributed by atoms with van der Waals surface area (Å²) >= 11 is 2.79. The van der Waals surface area contributed by atoms with E-state index in [4.69, 9.17) is 0 Å². The van der Waals surface area contributed by atoms with E-state index in [9.17, 15) is 9.90 Å². The number of phenols is 1. The normalized spacial score (nSPS) is 10.6. The number of carbonyl (C=O) groups excluding carboxylic acids is 1. The zero-order chi connectivity index (χ0) is 17.8. The molecule has 1 aromatic carbocycles. The first-order valence-electron chi connectivity index (χ1n) is 7.31. The summed E-state index contributed by atoms with van der Waals surface area (Å²) in [5.41, 5.74) is 2.25. The summed E-state index contributed by atoms with van der Waals surface area (Å²) in [5.74, 6) is 0.472. The molecule has 0 spiro atoms. The van der Waals surface area contributed by atoms with Crippen molar-refractivity contribution in [3.05, 3.63) is 48.2 Å². The predicted molar refractivity (Wildman–Crippen MR) is 99.2 cm³/mol. The van der Waals surface area contributed by atoms with Gasteiger partial charge in [0.25, 0.3) is 5.91 Å². The number of amides is 1. The molecule has 0 saturated heterocycles. The minimum atomic E-state index is -0.373. The maximum Gasteiger partial charge on any atom is 0.275 e. The summed E-state index contributed by atoms with van der Waals surface area (Å²) < 4.78 is 0.755. The number of aryl methyl sites for hydroxylation is 1. The molecular formula is C16H15N5O2S2. The third kappa shape index (κ3) is 4.06. The zero-order valence-corrected chi connectivity index (χ0v) is 14.9. The number of aromatic nitrogens is 4. The van der Waals surface area contributed by atoms with Crippen molar-refractivity contribution in [2.75, 3.05) is 11.1 Å². The van der Waals surface area contributed by atoms with Crippen LogP contribution in [0.25, 0.3) is 11.3 Å². The van der Waals surface area contributed by atoms with Gasteiger partial charge in [0.1, 0.15) is 11.4 Å². The van der Waals surface area contributed by atoms with Gasteiger partial charge in [-0.1, -0.05) is 35.2 Å². The fourth-order valence-corrected chi connectivity index (χ4v) is 3.56. The van der Waals surface area contributed by atoms with Gasteiger partial charge in [-0.2, -0.15) is 5.10 Å². The topological polar surface area (TPSA) is 104 Å². The van der Waals surface area contributed by atoms with Gasteiger partial charge in [-0.25, -0.2) is 0 Å². The summed E-state index contributed by atoms with van der Waals surface area (Å²) in [6.07, 6.45) is 1.77. The average Bonchev–Trinajstić information content (AvgIpc) is 3.22. The van der Waals surface area contributed by atoms with Crippen molar-refractivity contribution >= 4 is 34.1 Å². The molecule has 0 aliphatic rings. The van der Waals surface area contributed by atoms with Crippen molar-refractivity contribution < 1.29 is 9.90 Å². The molecule has 0 radical (unpaired) electrons. The second kappa shape index (κ2) is 7.49. The van der Waals surface area contributed by atoms with Crippen LogP contribution in [0.1, 0.15) is 16.1 Å². The van der Waals surface area contributed by atoms with Gasteiger partial charge < -0.3 is 5.11 Å². The fraction of sp³-hybridized carbons (Fsp3) is 0.125. The van der Waals surface area contributed by atoms with E-state index in [1.807, 2.05) is 13.0 Å². The van der Waals surface area contributed by atoms with E-state index in [2.05, 4.69) is 32.3 Å². The van der Waals surface area contributed by atoms with Gasteiger partial charge in [0.2, 0.25) is 5.13 Å². The molecular weight excluding hydrogens is 358 g/mol. The Hall–Kier alpha value is -2.65. The second-order valence-corrected chi connectivity index (χ2v) is 7.36. The van der Waals surface area contributed by atoms with Crippen LogP contribution >= 0.6 is 23.1 Å². The first-order valence-corrected chi connectivity index (χ1v) is 9.11. The highest BCUT2D eigenvalue weighted by molar-refractivity contribution is 8.01. The maximum atomic E-state index is 12.3. The third-order valence-electron chi connectivity index (χ3n) is 3.20. The Balaban J connectivity index is 1.72. The summed E-state index contributed by atoms with van der Waals surface area (Å²) in [4.78, 5) is 12.3. The Morgan fingerprint density at radius 3 is 3.04 bits per heavy atom. The van der Waals surface area contributed by atoms with Gasteiger partial charge >= 0.3 is 0 Å². The number of thioether (sulfide) groups is 1. The minimum Gasteiger partial charge on any atom is -0.507 e. The van der Waals surface area contributed by atoms with Crippen molar-refractivity contribution in [3.8, 4) is 17.0 Å². The number of nitrogens with one attached hydrogen (secondary N) is 2. The fourth-order valence-electron chi connectivity index (χ4n) is 2.05. The molecule has 3 aromatic rings. The average molecular weight is 373 g/mol. The minimum absolute atomic E-state index is 0.117. The van der Waals surface area contributed by atoms with E-state index in [1.165, 1.54) is 23.1 Å². The molecule has 0 unspecified atom stereocenters. The molecule has 3 N–H and O–H groups in total. The number of carbonyl (C=O) groups is 1. The summed E-state index contributed by atoms with van der Waals surface area (Å²) in [5, 5.41) is 27.8. The number of phenolic OH excluding ortho intramolecular Hbond substituents is 1. The maximum absolute atomic E-state index is 12.3. The summed E-state index contributed by atoms with van der Waals surface area (Å²) in [7, 11) is 0. The molecule has 1 amide bonds. The van der Waals surface area contributed by atoms with Crippen LogP contribution in [0.4, 0.5) is 5.13 Å². The van der Waals surface area contributed by atoms with E-state index in [1.54, 1.807) is 24.3 Å². The lowest BCUT2D eigenvalue weighted by molar-refractivity contribution is 0.102. The molecule has 0 atom stereocenters. The Labute approximate surface area is 152 Å². The van der Waals surface area contributed by atoms with Crippen LogP contribution in [0.3, 0.4) is 0 Å². The van der Waals surface area contributed by atoms with Crippen LogP contribution in [-0.2, 0) is 0 Å². The van der Waals surface area contributed by atoms with Crippen LogP contribution < -0.4 is 5.32 Å². The SMILES string of the molecule is C=CCSc1nnc(NC(=O)c2cc(-c3ccc(C)cc3O)n[nH]2)s1. The quantitative estimate of drug-likeness (QED) is 0.347. The Morgan fingerprint density at radius 1 is 1.44 bits per heavy atom. The molecule has 7 nitrogen and oxygen atoms in total. The van der Waals surface area contributed by atoms with Crippen LogP contribution in [0.15, 0.2) is 41.3 Å². The molecule has 0 aliphatic heterocycles. The van der Waals surface area contributed by atoms with Gasteiger partial charge in [-0.15, -0.1) is 16.8 Å². The molecule has 3 rings (SSSR count). The van der Waals surface area contributed by atoms with Crippen molar-refractivity contribution in [3.63, 3.8) is 0 Å². The number of H-pyrrole nitrogens is 1. The first-order chi connectivity index (χ1) is 12.1. The Bertz CT molecular complexity index is 919. The number of anilines is 1. The molecule has 0 aliphatic carbocycles. The summed E-state index contributed by atoms with van der Waals surface area (Å²) in [6, 6.07) is 6.85. The monoisotopic (exact) mass is 373 g/mol. The van der Waals surface area contributed by atoms with Gasteiger partial charge in [0.05, 0.1) is 5.69 Å². The molecule has 0 saturated carbocycles. The lowest BCUT2D eigenvalue weighted by Crippen LogP contribution is -2.12. The van der Waals surface area contributed by atoms with Crippen molar-refractivity contribution in [2.24, 2.45) is 0 Å². The largest absolute Gasteiger partial charge is 0.507 e. The highest BCUT2D eigenvalue weighted by Gasteiger charge is 2.15. The zero-order valence-electron chi connectivity index (χ0n) is 13.3. The van der Waals surface area contributed by atoms with Crippen LogP contribution in [-0.4, -0.2) is 37.2 Å². The number of benzene rings is 1. The Morgan fingerprint density at radius 2 is 2.28 bits per heavy atom. The van der Waals surface area contributed by atoms with Crippen molar-refractivity contribution in [1.29, 1.82) is 0 Å². The van der Waals surface area contributed by atoms with Crippen LogP contribution in [0, 0.1) is 6.92 Å². The number of rotatable bonds is 6. The standard InChI is InChI=1S/C16H15N5O2S2/c1-3-6-24-16-21-20-15(25-16)17-14(23)12-8-11(18-19-12)10-5-4-9(2)7-13(10)22/h3-5,7-8,22H,1,6H2,2H3,(H,18,19)(H,17,20,23). The number of hydrogen-bond acceptors (Lipinski definition) is 7. The van der Waals surface area contributed by atoms with E-state index in [0.29, 0.717) is 16.4 Å². The molecule has 25 heavy (non-hydrogen) atoms. The van der Waals surface area contributed by atoms with Crippen LogP contribution in [0.2, 0.25) is 0 Å². The number of nitrogens with zero attached hydrogens (tertiary/aromatic N) is 3. The van der Waals surface area contributed by atoms with Gasteiger partial charge in [0.15, 0.2) is 4.34 Å². The summed E-state index contributed by atoms with van der Waals surface area (Å²) in [6.45, 7) is 5.53. The number of aromatic hydroxyl groups is 1. The highest BCUT2D eigenvalue weighted by Crippen LogP contribution is 2.29. The lowest BCUT2D eigenvalue weighted by atomic mass is 10.1. The van der Waals surface area contributed by atoms with E-state index in [0.717, 1.165) is 15.7 Å². The first kappa shape index (κ1) is 17.2. The number of hydrogen-bond donors (Lipinski definition) is 3. The van der Waals surface area contributed by atoms with Crippen molar-refractivity contribution in [1.82, 2.24) is 20.4 Å². The highest BCUT2D eigenvalue weighted by atomic mass is 32.2. The molecule has 128 valence electrons. The van der Waals surface area contributed by atoms with Gasteiger partial charge in [-0.05, 0) is 30.7 Å².